The fraction of sp³-hybridized carbons (Fsp3) is 1.00. The van der Waals surface area contributed by atoms with Crippen LogP contribution in [0.15, 0.2) is 0 Å². The molecule has 1 unspecified atom stereocenters. The average Bonchev–Trinajstić information content (AvgIpc) is 2.69. The maximum absolute atomic E-state index is 6.07. The molecule has 1 atom stereocenters. The molecule has 2 heteroatoms. The predicted molar refractivity (Wildman–Crippen MR) is 78.6 cm³/mol. The first-order valence-electron chi connectivity index (χ1n) is 8.08. The Kier molecular flexibility index (Phi) is 5.08. The lowest BCUT2D eigenvalue weighted by Gasteiger charge is -2.34. The molecule has 2 N–H and O–H groups in total. The first-order chi connectivity index (χ1) is 8.65. The van der Waals surface area contributed by atoms with Crippen molar-refractivity contribution in [2.75, 3.05) is 26.2 Å². The Morgan fingerprint density at radius 3 is 2.44 bits per heavy atom. The van der Waals surface area contributed by atoms with Gasteiger partial charge in [-0.3, -0.25) is 0 Å². The topological polar surface area (TPSA) is 29.3 Å². The Morgan fingerprint density at radius 1 is 1.11 bits per heavy atom. The van der Waals surface area contributed by atoms with E-state index in [4.69, 9.17) is 5.73 Å². The molecular weight excluding hydrogens is 220 g/mol. The monoisotopic (exact) mass is 252 g/mol. The van der Waals surface area contributed by atoms with Crippen LogP contribution in [0.1, 0.15) is 58.8 Å². The molecule has 18 heavy (non-hydrogen) atoms. The van der Waals surface area contributed by atoms with Gasteiger partial charge in [0.25, 0.3) is 0 Å². The molecule has 1 aliphatic heterocycles. The molecule has 2 rings (SSSR count). The Labute approximate surface area is 113 Å². The fourth-order valence-corrected chi connectivity index (χ4v) is 4.03. The highest BCUT2D eigenvalue weighted by molar-refractivity contribution is 4.89. The van der Waals surface area contributed by atoms with E-state index < -0.39 is 0 Å². The van der Waals surface area contributed by atoms with Gasteiger partial charge in [0.05, 0.1) is 0 Å². The van der Waals surface area contributed by atoms with Crippen molar-refractivity contribution in [3.63, 3.8) is 0 Å². The van der Waals surface area contributed by atoms with Gasteiger partial charge in [0.1, 0.15) is 0 Å². The van der Waals surface area contributed by atoms with Crippen molar-refractivity contribution in [3.8, 4) is 0 Å². The Balaban J connectivity index is 1.86. The van der Waals surface area contributed by atoms with Crippen LogP contribution in [0.4, 0.5) is 0 Å². The summed E-state index contributed by atoms with van der Waals surface area (Å²) in [6.45, 7) is 9.57. The van der Waals surface area contributed by atoms with Gasteiger partial charge in [-0.1, -0.05) is 26.7 Å². The lowest BCUT2D eigenvalue weighted by atomic mass is 9.85. The van der Waals surface area contributed by atoms with Gasteiger partial charge in [-0.25, -0.2) is 0 Å². The van der Waals surface area contributed by atoms with Crippen molar-refractivity contribution in [2.24, 2.45) is 23.0 Å². The summed E-state index contributed by atoms with van der Waals surface area (Å²) >= 11 is 0. The molecule has 1 heterocycles. The summed E-state index contributed by atoms with van der Waals surface area (Å²) in [4.78, 5) is 2.72. The highest BCUT2D eigenvalue weighted by Crippen LogP contribution is 2.38. The molecule has 2 fully saturated rings. The zero-order valence-electron chi connectivity index (χ0n) is 12.5. The standard InChI is InChI=1S/C16H32N2/c1-14(2)15-6-5-10-18(11-7-15)13-16(12-17)8-3-4-9-16/h14-15H,3-13,17H2,1-2H3. The molecule has 106 valence electrons. The zero-order chi connectivity index (χ0) is 13.0. The smallest absolute Gasteiger partial charge is 0.00501 e. The number of rotatable bonds is 4. The third kappa shape index (κ3) is 3.48. The quantitative estimate of drug-likeness (QED) is 0.832. The van der Waals surface area contributed by atoms with E-state index in [1.807, 2.05) is 0 Å². The van der Waals surface area contributed by atoms with Gasteiger partial charge in [-0.15, -0.1) is 0 Å². The van der Waals surface area contributed by atoms with Crippen molar-refractivity contribution in [3.05, 3.63) is 0 Å². The van der Waals surface area contributed by atoms with Crippen LogP contribution in [-0.2, 0) is 0 Å². The average molecular weight is 252 g/mol. The van der Waals surface area contributed by atoms with Crippen LogP contribution in [-0.4, -0.2) is 31.1 Å². The van der Waals surface area contributed by atoms with E-state index >= 15 is 0 Å². The summed E-state index contributed by atoms with van der Waals surface area (Å²) in [6, 6.07) is 0. The normalized spacial score (nSPS) is 29.7. The first-order valence-corrected chi connectivity index (χ1v) is 8.08. The van der Waals surface area contributed by atoms with Crippen molar-refractivity contribution in [1.29, 1.82) is 0 Å². The second-order valence-corrected chi connectivity index (χ2v) is 7.12. The lowest BCUT2D eigenvalue weighted by Crippen LogP contribution is -2.41. The molecule has 0 spiro atoms. The number of nitrogens with zero attached hydrogens (tertiary/aromatic N) is 1. The van der Waals surface area contributed by atoms with E-state index in [-0.39, 0.29) is 0 Å². The summed E-state index contributed by atoms with van der Waals surface area (Å²) in [5.41, 5.74) is 6.54. The summed E-state index contributed by atoms with van der Waals surface area (Å²) in [5.74, 6) is 1.81. The van der Waals surface area contributed by atoms with Gasteiger partial charge in [0.15, 0.2) is 0 Å². The van der Waals surface area contributed by atoms with Crippen LogP contribution < -0.4 is 5.73 Å². The molecule has 0 bridgehead atoms. The molecule has 2 aliphatic rings. The zero-order valence-corrected chi connectivity index (χ0v) is 12.5. The second kappa shape index (κ2) is 6.38. The summed E-state index contributed by atoms with van der Waals surface area (Å²) in [5, 5.41) is 0. The van der Waals surface area contributed by atoms with Crippen molar-refractivity contribution >= 4 is 0 Å². The molecular formula is C16H32N2. The number of hydrogen-bond acceptors (Lipinski definition) is 2. The van der Waals surface area contributed by atoms with Crippen molar-refractivity contribution in [1.82, 2.24) is 4.90 Å². The predicted octanol–water partition coefficient (Wildman–Crippen LogP) is 3.26. The molecule has 0 aromatic carbocycles. The number of nitrogens with two attached hydrogens (primary N) is 1. The maximum atomic E-state index is 6.07. The molecule has 1 aliphatic carbocycles. The fourth-order valence-electron chi connectivity index (χ4n) is 4.03. The molecule has 0 aromatic heterocycles. The van der Waals surface area contributed by atoms with Gasteiger partial charge < -0.3 is 10.6 Å². The maximum Gasteiger partial charge on any atom is 0.00501 e. The van der Waals surface area contributed by atoms with Gasteiger partial charge in [-0.05, 0) is 69.0 Å². The van der Waals surface area contributed by atoms with Gasteiger partial charge >= 0.3 is 0 Å². The Bertz CT molecular complexity index is 243. The second-order valence-electron chi connectivity index (χ2n) is 7.12. The molecule has 1 saturated carbocycles. The largest absolute Gasteiger partial charge is 0.330 e. The summed E-state index contributed by atoms with van der Waals surface area (Å²) in [7, 11) is 0. The molecule has 0 radical (unpaired) electrons. The summed E-state index contributed by atoms with van der Waals surface area (Å²) < 4.78 is 0. The van der Waals surface area contributed by atoms with E-state index in [1.165, 1.54) is 64.6 Å². The molecule has 0 amide bonds. The van der Waals surface area contributed by atoms with Crippen LogP contribution in [0.5, 0.6) is 0 Å². The van der Waals surface area contributed by atoms with Gasteiger partial charge in [-0.2, -0.15) is 0 Å². The molecule has 1 saturated heterocycles. The highest BCUT2D eigenvalue weighted by Gasteiger charge is 2.34. The summed E-state index contributed by atoms with van der Waals surface area (Å²) in [6.07, 6.45) is 9.77. The van der Waals surface area contributed by atoms with Crippen LogP contribution >= 0.6 is 0 Å². The van der Waals surface area contributed by atoms with Crippen LogP contribution in [0, 0.1) is 17.3 Å². The minimum Gasteiger partial charge on any atom is -0.330 e. The van der Waals surface area contributed by atoms with E-state index in [0.717, 1.165) is 18.4 Å². The van der Waals surface area contributed by atoms with Crippen molar-refractivity contribution < 1.29 is 0 Å². The minimum atomic E-state index is 0.470. The number of hydrogen-bond donors (Lipinski definition) is 1. The van der Waals surface area contributed by atoms with Crippen LogP contribution in [0.25, 0.3) is 0 Å². The number of likely N-dealkylation sites (tertiary alicyclic amines) is 1. The minimum absolute atomic E-state index is 0.470. The molecule has 2 nitrogen and oxygen atoms in total. The third-order valence-corrected chi connectivity index (χ3v) is 5.46. The van der Waals surface area contributed by atoms with E-state index in [0.29, 0.717) is 5.41 Å². The lowest BCUT2D eigenvalue weighted by molar-refractivity contribution is 0.159. The third-order valence-electron chi connectivity index (χ3n) is 5.46. The SMILES string of the molecule is CC(C)C1CCCN(CC2(CN)CCCC2)CC1. The van der Waals surface area contributed by atoms with E-state index in [2.05, 4.69) is 18.7 Å². The highest BCUT2D eigenvalue weighted by atomic mass is 15.1. The van der Waals surface area contributed by atoms with E-state index in [1.54, 1.807) is 0 Å². The van der Waals surface area contributed by atoms with E-state index in [9.17, 15) is 0 Å². The van der Waals surface area contributed by atoms with Crippen LogP contribution in [0.2, 0.25) is 0 Å². The molecule has 0 aromatic rings. The van der Waals surface area contributed by atoms with Crippen molar-refractivity contribution in [2.45, 2.75) is 58.8 Å². The van der Waals surface area contributed by atoms with Crippen LogP contribution in [0.3, 0.4) is 0 Å². The first kappa shape index (κ1) is 14.3. The Morgan fingerprint density at radius 2 is 1.83 bits per heavy atom. The van der Waals surface area contributed by atoms with Gasteiger partial charge in [0.2, 0.25) is 0 Å². The van der Waals surface area contributed by atoms with Gasteiger partial charge in [0, 0.05) is 6.54 Å². The Hall–Kier alpha value is -0.0800.